The molecule has 18 heavy (non-hydrogen) atoms. The second-order valence-corrected chi connectivity index (χ2v) is 5.49. The summed E-state index contributed by atoms with van der Waals surface area (Å²) < 4.78 is 0. The average Bonchev–Trinajstić information content (AvgIpc) is 2.91. The van der Waals surface area contributed by atoms with E-state index in [2.05, 4.69) is 48.3 Å². The Morgan fingerprint density at radius 2 is 1.94 bits per heavy atom. The van der Waals surface area contributed by atoms with Crippen LogP contribution in [0.15, 0.2) is 24.3 Å². The van der Waals surface area contributed by atoms with Gasteiger partial charge in [0.25, 0.3) is 0 Å². The maximum absolute atomic E-state index is 3.63. The van der Waals surface area contributed by atoms with Crippen LogP contribution in [0.1, 0.15) is 39.5 Å². The first-order chi connectivity index (χ1) is 8.81. The number of nitrogens with one attached hydrogen (secondary N) is 1. The summed E-state index contributed by atoms with van der Waals surface area (Å²) in [7, 11) is 0. The van der Waals surface area contributed by atoms with E-state index in [4.69, 9.17) is 0 Å². The Hall–Kier alpha value is -1.18. The van der Waals surface area contributed by atoms with Crippen molar-refractivity contribution in [3.63, 3.8) is 0 Å². The maximum Gasteiger partial charge on any atom is 0.0602 e. The third-order valence-electron chi connectivity index (χ3n) is 3.77. The number of anilines is 2. The second-order valence-electron chi connectivity index (χ2n) is 5.49. The molecule has 0 spiro atoms. The molecule has 0 bridgehead atoms. The molecule has 100 valence electrons. The number of benzene rings is 1. The lowest BCUT2D eigenvalue weighted by atomic mass is 10.1. The molecule has 1 N–H and O–H groups in total. The van der Waals surface area contributed by atoms with Crippen molar-refractivity contribution in [1.82, 2.24) is 0 Å². The quantitative estimate of drug-likeness (QED) is 0.811. The van der Waals surface area contributed by atoms with Crippen LogP contribution < -0.4 is 10.2 Å². The van der Waals surface area contributed by atoms with Gasteiger partial charge in [0, 0.05) is 19.6 Å². The predicted octanol–water partition coefficient (Wildman–Crippen LogP) is 4.13. The molecule has 2 nitrogen and oxygen atoms in total. The summed E-state index contributed by atoms with van der Waals surface area (Å²) in [6.45, 7) is 8.09. The van der Waals surface area contributed by atoms with Gasteiger partial charge >= 0.3 is 0 Å². The van der Waals surface area contributed by atoms with Crippen molar-refractivity contribution in [2.24, 2.45) is 5.92 Å². The topological polar surface area (TPSA) is 15.3 Å². The summed E-state index contributed by atoms with van der Waals surface area (Å²) in [5.74, 6) is 0.752. The lowest BCUT2D eigenvalue weighted by Gasteiger charge is -2.23. The Kier molecular flexibility index (Phi) is 4.91. The highest BCUT2D eigenvalue weighted by Gasteiger charge is 2.15. The zero-order valence-corrected chi connectivity index (χ0v) is 11.8. The van der Waals surface area contributed by atoms with Crippen molar-refractivity contribution in [3.05, 3.63) is 24.3 Å². The van der Waals surface area contributed by atoms with Crippen LogP contribution in [-0.2, 0) is 0 Å². The molecule has 1 atom stereocenters. The first kappa shape index (κ1) is 13.3. The second kappa shape index (κ2) is 6.67. The molecule has 0 aliphatic carbocycles. The van der Waals surface area contributed by atoms with Gasteiger partial charge in [-0.15, -0.1) is 0 Å². The van der Waals surface area contributed by atoms with Crippen LogP contribution in [0.25, 0.3) is 0 Å². The number of rotatable bonds is 6. The first-order valence-corrected chi connectivity index (χ1v) is 7.39. The highest BCUT2D eigenvalue weighted by atomic mass is 15.2. The number of para-hydroxylation sites is 2. The van der Waals surface area contributed by atoms with E-state index in [0.29, 0.717) is 0 Å². The molecular weight excluding hydrogens is 220 g/mol. The van der Waals surface area contributed by atoms with Crippen molar-refractivity contribution < 1.29 is 0 Å². The number of nitrogens with zero attached hydrogens (tertiary/aromatic N) is 1. The minimum Gasteiger partial charge on any atom is -0.383 e. The zero-order valence-electron chi connectivity index (χ0n) is 11.8. The largest absolute Gasteiger partial charge is 0.383 e. The van der Waals surface area contributed by atoms with E-state index in [1.54, 1.807) is 0 Å². The smallest absolute Gasteiger partial charge is 0.0602 e. The van der Waals surface area contributed by atoms with E-state index in [1.165, 1.54) is 50.1 Å². The summed E-state index contributed by atoms with van der Waals surface area (Å²) >= 11 is 0. The van der Waals surface area contributed by atoms with E-state index >= 15 is 0 Å². The minimum absolute atomic E-state index is 0.752. The van der Waals surface area contributed by atoms with E-state index in [-0.39, 0.29) is 0 Å². The summed E-state index contributed by atoms with van der Waals surface area (Å²) in [4.78, 5) is 2.51. The first-order valence-electron chi connectivity index (χ1n) is 7.39. The molecule has 1 aliphatic heterocycles. The van der Waals surface area contributed by atoms with Gasteiger partial charge in [0.05, 0.1) is 11.4 Å². The van der Waals surface area contributed by atoms with Gasteiger partial charge in [-0.25, -0.2) is 0 Å². The Morgan fingerprint density at radius 1 is 1.22 bits per heavy atom. The summed E-state index contributed by atoms with van der Waals surface area (Å²) in [5, 5.41) is 3.63. The summed E-state index contributed by atoms with van der Waals surface area (Å²) in [6.07, 6.45) is 5.25. The Labute approximate surface area is 111 Å². The van der Waals surface area contributed by atoms with Crippen LogP contribution in [0.4, 0.5) is 11.4 Å². The third kappa shape index (κ3) is 3.41. The van der Waals surface area contributed by atoms with Crippen molar-refractivity contribution in [3.8, 4) is 0 Å². The van der Waals surface area contributed by atoms with Crippen molar-refractivity contribution >= 4 is 11.4 Å². The van der Waals surface area contributed by atoms with E-state index < -0.39 is 0 Å². The van der Waals surface area contributed by atoms with Gasteiger partial charge < -0.3 is 10.2 Å². The lowest BCUT2D eigenvalue weighted by molar-refractivity contribution is 0.551. The molecule has 1 aliphatic rings. The fourth-order valence-corrected chi connectivity index (χ4v) is 2.74. The van der Waals surface area contributed by atoms with Crippen molar-refractivity contribution in [1.29, 1.82) is 0 Å². The van der Waals surface area contributed by atoms with Crippen molar-refractivity contribution in [2.75, 3.05) is 29.9 Å². The predicted molar refractivity (Wildman–Crippen MR) is 80.5 cm³/mol. The minimum atomic E-state index is 0.752. The molecule has 0 saturated carbocycles. The van der Waals surface area contributed by atoms with Gasteiger partial charge in [-0.1, -0.05) is 32.4 Å². The molecule has 0 radical (unpaired) electrons. The molecule has 0 amide bonds. The average molecular weight is 246 g/mol. The summed E-state index contributed by atoms with van der Waals surface area (Å²) in [5.41, 5.74) is 2.70. The van der Waals surface area contributed by atoms with Gasteiger partial charge in [0.15, 0.2) is 0 Å². The SMILES string of the molecule is CCCC(C)CNc1ccccc1N1CCCC1. The zero-order chi connectivity index (χ0) is 12.8. The lowest BCUT2D eigenvalue weighted by Crippen LogP contribution is -2.20. The normalized spacial score (nSPS) is 16.9. The Bertz CT molecular complexity index is 356. The van der Waals surface area contributed by atoms with Crippen LogP contribution in [-0.4, -0.2) is 19.6 Å². The highest BCUT2D eigenvalue weighted by Crippen LogP contribution is 2.28. The van der Waals surface area contributed by atoms with Gasteiger partial charge in [0.1, 0.15) is 0 Å². The van der Waals surface area contributed by atoms with Gasteiger partial charge in [0.2, 0.25) is 0 Å². The molecule has 1 aromatic carbocycles. The van der Waals surface area contributed by atoms with E-state index in [1.807, 2.05) is 0 Å². The number of hydrogen-bond donors (Lipinski definition) is 1. The standard InChI is InChI=1S/C16H26N2/c1-3-8-14(2)13-17-15-9-4-5-10-16(15)18-11-6-7-12-18/h4-5,9-10,14,17H,3,6-8,11-13H2,1-2H3. The van der Waals surface area contributed by atoms with Crippen LogP contribution >= 0.6 is 0 Å². The number of hydrogen-bond acceptors (Lipinski definition) is 2. The highest BCUT2D eigenvalue weighted by molar-refractivity contribution is 5.70. The van der Waals surface area contributed by atoms with Gasteiger partial charge in [-0.2, -0.15) is 0 Å². The van der Waals surface area contributed by atoms with Crippen LogP contribution in [0, 0.1) is 5.92 Å². The molecule has 1 unspecified atom stereocenters. The Morgan fingerprint density at radius 3 is 2.67 bits per heavy atom. The van der Waals surface area contributed by atoms with Crippen LogP contribution in [0.5, 0.6) is 0 Å². The monoisotopic (exact) mass is 246 g/mol. The molecule has 1 fully saturated rings. The Balaban J connectivity index is 1.98. The van der Waals surface area contributed by atoms with Gasteiger partial charge in [-0.3, -0.25) is 0 Å². The molecule has 0 aromatic heterocycles. The van der Waals surface area contributed by atoms with E-state index in [9.17, 15) is 0 Å². The molecule has 2 heteroatoms. The van der Waals surface area contributed by atoms with Crippen molar-refractivity contribution in [2.45, 2.75) is 39.5 Å². The molecule has 1 heterocycles. The van der Waals surface area contributed by atoms with Crippen LogP contribution in [0.2, 0.25) is 0 Å². The molecular formula is C16H26N2. The van der Waals surface area contributed by atoms with Gasteiger partial charge in [-0.05, 0) is 37.3 Å². The summed E-state index contributed by atoms with van der Waals surface area (Å²) in [6, 6.07) is 8.74. The third-order valence-corrected chi connectivity index (χ3v) is 3.77. The molecule has 1 aromatic rings. The molecule has 2 rings (SSSR count). The fourth-order valence-electron chi connectivity index (χ4n) is 2.74. The molecule has 1 saturated heterocycles. The van der Waals surface area contributed by atoms with E-state index in [0.717, 1.165) is 12.5 Å². The van der Waals surface area contributed by atoms with Crippen LogP contribution in [0.3, 0.4) is 0 Å². The fraction of sp³-hybridized carbons (Fsp3) is 0.625. The maximum atomic E-state index is 3.63.